The summed E-state index contributed by atoms with van der Waals surface area (Å²) in [5.41, 5.74) is 1.67. The summed E-state index contributed by atoms with van der Waals surface area (Å²) in [5.74, 6) is 1.31. The van der Waals surface area contributed by atoms with Crippen LogP contribution in [-0.4, -0.2) is 7.05 Å². The first-order valence-electron chi connectivity index (χ1n) is 5.20. The number of hydrogen-bond acceptors (Lipinski definition) is 2. The Hall–Kier alpha value is -1.61. The lowest BCUT2D eigenvalue weighted by Crippen LogP contribution is -2.03. The zero-order valence-electron chi connectivity index (χ0n) is 9.38. The summed E-state index contributed by atoms with van der Waals surface area (Å²) in [5, 5.41) is 3.00. The van der Waals surface area contributed by atoms with Gasteiger partial charge < -0.3 is 9.73 Å². The van der Waals surface area contributed by atoms with E-state index in [0.29, 0.717) is 12.3 Å². The van der Waals surface area contributed by atoms with Crippen LogP contribution in [0.1, 0.15) is 11.3 Å². The van der Waals surface area contributed by atoms with Gasteiger partial charge in [-0.3, -0.25) is 0 Å². The predicted octanol–water partition coefficient (Wildman–Crippen LogP) is 3.11. The van der Waals surface area contributed by atoms with Crippen molar-refractivity contribution in [2.75, 3.05) is 7.05 Å². The van der Waals surface area contributed by atoms with Crippen molar-refractivity contribution in [1.82, 2.24) is 5.32 Å². The van der Waals surface area contributed by atoms with Crippen LogP contribution >= 0.6 is 0 Å². The average Bonchev–Trinajstić information content (AvgIpc) is 2.65. The molecule has 1 N–H and O–H groups in total. The topological polar surface area (TPSA) is 25.2 Å². The molecule has 1 heterocycles. The summed E-state index contributed by atoms with van der Waals surface area (Å²) in [6.45, 7) is 2.54. The van der Waals surface area contributed by atoms with Crippen molar-refractivity contribution >= 4 is 0 Å². The third-order valence-corrected chi connectivity index (χ3v) is 2.34. The number of rotatable bonds is 3. The van der Waals surface area contributed by atoms with Crippen LogP contribution in [0.2, 0.25) is 0 Å². The van der Waals surface area contributed by atoms with Crippen molar-refractivity contribution in [3.05, 3.63) is 47.5 Å². The summed E-state index contributed by atoms with van der Waals surface area (Å²) in [7, 11) is 1.86. The molecule has 0 aliphatic carbocycles. The molecule has 3 heteroatoms. The second-order valence-electron chi connectivity index (χ2n) is 3.81. The summed E-state index contributed by atoms with van der Waals surface area (Å²) in [4.78, 5) is 0. The molecule has 0 unspecified atom stereocenters. The fourth-order valence-electron chi connectivity index (χ4n) is 1.68. The van der Waals surface area contributed by atoms with Gasteiger partial charge in [-0.2, -0.15) is 0 Å². The average molecular weight is 219 g/mol. The summed E-state index contributed by atoms with van der Waals surface area (Å²) >= 11 is 0. The molecule has 0 fully saturated rings. The van der Waals surface area contributed by atoms with Crippen LogP contribution in [0.3, 0.4) is 0 Å². The van der Waals surface area contributed by atoms with Crippen LogP contribution in [0.15, 0.2) is 34.7 Å². The van der Waals surface area contributed by atoms with Crippen LogP contribution in [0, 0.1) is 12.7 Å². The summed E-state index contributed by atoms with van der Waals surface area (Å²) in [6.07, 6.45) is 0. The molecule has 0 bridgehead atoms. The summed E-state index contributed by atoms with van der Waals surface area (Å²) < 4.78 is 18.8. The molecule has 0 amide bonds. The maximum Gasteiger partial charge on any atom is 0.134 e. The minimum atomic E-state index is -0.235. The normalized spacial score (nSPS) is 10.7. The maximum atomic E-state index is 13.2. The molecule has 0 saturated carbocycles. The first-order valence-corrected chi connectivity index (χ1v) is 5.20. The Bertz CT molecular complexity index is 470. The highest BCUT2D eigenvalue weighted by atomic mass is 19.1. The molecule has 0 spiro atoms. The lowest BCUT2D eigenvalue weighted by atomic mass is 10.1. The Balaban J connectivity index is 2.34. The van der Waals surface area contributed by atoms with Gasteiger partial charge >= 0.3 is 0 Å². The van der Waals surface area contributed by atoms with Crippen LogP contribution in [0.25, 0.3) is 11.3 Å². The van der Waals surface area contributed by atoms with E-state index in [1.165, 1.54) is 12.1 Å². The number of furan rings is 1. The van der Waals surface area contributed by atoms with E-state index in [1.807, 2.05) is 32.2 Å². The number of halogens is 1. The Morgan fingerprint density at radius 3 is 2.75 bits per heavy atom. The smallest absolute Gasteiger partial charge is 0.134 e. The second-order valence-corrected chi connectivity index (χ2v) is 3.81. The first-order chi connectivity index (χ1) is 7.69. The van der Waals surface area contributed by atoms with Gasteiger partial charge in [0.25, 0.3) is 0 Å². The SMILES string of the molecule is CNCc1ccc(-c2cc(C)cc(F)c2)o1. The van der Waals surface area contributed by atoms with Crippen molar-refractivity contribution in [1.29, 1.82) is 0 Å². The molecule has 84 valence electrons. The molecule has 0 saturated heterocycles. The van der Waals surface area contributed by atoms with E-state index in [0.717, 1.165) is 16.9 Å². The lowest BCUT2D eigenvalue weighted by Gasteiger charge is -2.00. The quantitative estimate of drug-likeness (QED) is 0.858. The number of hydrogen-bond donors (Lipinski definition) is 1. The van der Waals surface area contributed by atoms with Crippen LogP contribution in [0.5, 0.6) is 0 Å². The molecule has 1 aromatic carbocycles. The van der Waals surface area contributed by atoms with E-state index in [-0.39, 0.29) is 5.82 Å². The molecule has 0 radical (unpaired) electrons. The molecule has 2 nitrogen and oxygen atoms in total. The minimum absolute atomic E-state index is 0.235. The van der Waals surface area contributed by atoms with Gasteiger partial charge in [0.2, 0.25) is 0 Å². The zero-order chi connectivity index (χ0) is 11.5. The van der Waals surface area contributed by atoms with E-state index >= 15 is 0 Å². The third kappa shape index (κ3) is 2.31. The van der Waals surface area contributed by atoms with Gasteiger partial charge in [-0.05, 0) is 49.9 Å². The fourth-order valence-corrected chi connectivity index (χ4v) is 1.68. The van der Waals surface area contributed by atoms with E-state index in [2.05, 4.69) is 5.32 Å². The number of benzene rings is 1. The monoisotopic (exact) mass is 219 g/mol. The number of nitrogens with one attached hydrogen (secondary N) is 1. The third-order valence-electron chi connectivity index (χ3n) is 2.34. The van der Waals surface area contributed by atoms with Crippen molar-refractivity contribution in [2.24, 2.45) is 0 Å². The molecule has 0 aliphatic rings. The van der Waals surface area contributed by atoms with E-state index in [9.17, 15) is 4.39 Å². The maximum absolute atomic E-state index is 13.2. The Morgan fingerprint density at radius 1 is 1.25 bits per heavy atom. The molecule has 0 atom stereocenters. The predicted molar refractivity (Wildman–Crippen MR) is 61.6 cm³/mol. The Kier molecular flexibility index (Phi) is 3.06. The van der Waals surface area contributed by atoms with Gasteiger partial charge in [-0.25, -0.2) is 4.39 Å². The molecular formula is C13H14FNO. The van der Waals surface area contributed by atoms with Crippen molar-refractivity contribution < 1.29 is 8.81 Å². The Morgan fingerprint density at radius 2 is 2.06 bits per heavy atom. The highest BCUT2D eigenvalue weighted by Crippen LogP contribution is 2.24. The van der Waals surface area contributed by atoms with Gasteiger partial charge in [-0.1, -0.05) is 0 Å². The number of aryl methyl sites for hydroxylation is 1. The van der Waals surface area contributed by atoms with E-state index in [1.54, 1.807) is 0 Å². The van der Waals surface area contributed by atoms with Gasteiger partial charge in [0.15, 0.2) is 0 Å². The van der Waals surface area contributed by atoms with Crippen molar-refractivity contribution in [3.63, 3.8) is 0 Å². The van der Waals surface area contributed by atoms with Gasteiger partial charge in [0, 0.05) is 5.56 Å². The van der Waals surface area contributed by atoms with Crippen LogP contribution in [-0.2, 0) is 6.54 Å². The molecule has 2 rings (SSSR count). The fraction of sp³-hybridized carbons (Fsp3) is 0.231. The standard InChI is InChI=1S/C13H14FNO/c1-9-5-10(7-11(14)6-9)13-4-3-12(16-13)8-15-2/h3-7,15H,8H2,1-2H3. The summed E-state index contributed by atoms with van der Waals surface area (Å²) in [6, 6.07) is 8.65. The minimum Gasteiger partial charge on any atom is -0.460 e. The highest BCUT2D eigenvalue weighted by Gasteiger charge is 2.06. The Labute approximate surface area is 94.1 Å². The lowest BCUT2D eigenvalue weighted by molar-refractivity contribution is 0.506. The van der Waals surface area contributed by atoms with Gasteiger partial charge in [0.1, 0.15) is 17.3 Å². The van der Waals surface area contributed by atoms with E-state index in [4.69, 9.17) is 4.42 Å². The van der Waals surface area contributed by atoms with Crippen LogP contribution in [0.4, 0.5) is 4.39 Å². The largest absolute Gasteiger partial charge is 0.460 e. The van der Waals surface area contributed by atoms with Crippen molar-refractivity contribution in [2.45, 2.75) is 13.5 Å². The van der Waals surface area contributed by atoms with E-state index < -0.39 is 0 Å². The van der Waals surface area contributed by atoms with Gasteiger partial charge in [0.05, 0.1) is 6.54 Å². The molecule has 2 aromatic rings. The molecular weight excluding hydrogens is 205 g/mol. The van der Waals surface area contributed by atoms with Crippen LogP contribution < -0.4 is 5.32 Å². The van der Waals surface area contributed by atoms with Crippen molar-refractivity contribution in [3.8, 4) is 11.3 Å². The second kappa shape index (κ2) is 4.49. The molecule has 1 aromatic heterocycles. The zero-order valence-corrected chi connectivity index (χ0v) is 9.38. The van der Waals surface area contributed by atoms with Gasteiger partial charge in [-0.15, -0.1) is 0 Å². The highest BCUT2D eigenvalue weighted by molar-refractivity contribution is 5.58. The molecule has 0 aliphatic heterocycles. The first kappa shape index (κ1) is 10.9. The molecule has 16 heavy (non-hydrogen) atoms.